The average molecular weight is 111 g/mol. The Morgan fingerprint density at radius 2 is 2.75 bits per heavy atom. The molecule has 0 bridgehead atoms. The molecule has 1 radical (unpaired) electrons. The van der Waals surface area contributed by atoms with Crippen LogP contribution >= 0.6 is 0 Å². The highest BCUT2D eigenvalue weighted by Crippen LogP contribution is 1.98. The van der Waals surface area contributed by atoms with Crippen LogP contribution in [0.3, 0.4) is 0 Å². The number of imidazole rings is 1. The number of ether oxygens (including phenoxy) is 1. The molecular weight excluding hydrogens is 104 g/mol. The van der Waals surface area contributed by atoms with Crippen molar-refractivity contribution in [1.29, 1.82) is 0 Å². The molecule has 0 aromatic carbocycles. The summed E-state index contributed by atoms with van der Waals surface area (Å²) in [6, 6.07) is 0.535. The molecule has 0 aliphatic heterocycles. The van der Waals surface area contributed by atoms with Crippen LogP contribution in [-0.4, -0.2) is 9.97 Å². The van der Waals surface area contributed by atoms with Crippen molar-refractivity contribution in [2.24, 2.45) is 0 Å². The van der Waals surface area contributed by atoms with Gasteiger partial charge in [0, 0.05) is 12.4 Å². The van der Waals surface area contributed by atoms with Crippen molar-refractivity contribution in [2.45, 2.75) is 6.92 Å². The molecule has 3 heteroatoms. The predicted octanol–water partition coefficient (Wildman–Crippen LogP) is 0.970. The van der Waals surface area contributed by atoms with E-state index in [0.717, 1.165) is 0 Å². The zero-order valence-corrected chi connectivity index (χ0v) is 4.59. The van der Waals surface area contributed by atoms with Gasteiger partial charge in [0.25, 0.3) is 6.01 Å². The standard InChI is InChI=1S/C5H7N2O/c1-2-8-5-6-3-4-7-5/h2-4H,1H3,(H,6,7). The van der Waals surface area contributed by atoms with Crippen LogP contribution in [0.4, 0.5) is 0 Å². The summed E-state index contributed by atoms with van der Waals surface area (Å²) in [6.07, 6.45) is 3.34. The van der Waals surface area contributed by atoms with Crippen LogP contribution in [0.25, 0.3) is 0 Å². The second kappa shape index (κ2) is 2.35. The molecule has 8 heavy (non-hydrogen) atoms. The molecule has 0 saturated carbocycles. The maximum atomic E-state index is 4.85. The van der Waals surface area contributed by atoms with E-state index in [1.807, 2.05) is 0 Å². The summed E-state index contributed by atoms with van der Waals surface area (Å²) in [7, 11) is 0. The molecule has 3 nitrogen and oxygen atoms in total. The van der Waals surface area contributed by atoms with E-state index in [1.165, 1.54) is 0 Å². The van der Waals surface area contributed by atoms with E-state index < -0.39 is 0 Å². The fraction of sp³-hybridized carbons (Fsp3) is 0.200. The minimum Gasteiger partial charge on any atom is -0.458 e. The van der Waals surface area contributed by atoms with Crippen LogP contribution in [0.15, 0.2) is 12.4 Å². The third-order valence-electron chi connectivity index (χ3n) is 0.703. The van der Waals surface area contributed by atoms with Crippen molar-refractivity contribution in [1.82, 2.24) is 9.97 Å². The summed E-state index contributed by atoms with van der Waals surface area (Å²) in [5.74, 6) is 0. The molecule has 0 atom stereocenters. The van der Waals surface area contributed by atoms with Gasteiger partial charge in [-0.05, 0) is 6.92 Å². The first-order valence-electron chi connectivity index (χ1n) is 2.37. The summed E-state index contributed by atoms with van der Waals surface area (Å²) in [5, 5.41) is 0. The lowest BCUT2D eigenvalue weighted by Gasteiger charge is -1.91. The highest BCUT2D eigenvalue weighted by molar-refractivity contribution is 4.92. The normalized spacial score (nSPS) is 9.12. The van der Waals surface area contributed by atoms with Gasteiger partial charge in [0.15, 0.2) is 0 Å². The molecule has 0 aliphatic rings. The lowest BCUT2D eigenvalue weighted by molar-refractivity contribution is 0.387. The van der Waals surface area contributed by atoms with E-state index in [2.05, 4.69) is 9.97 Å². The number of rotatable bonds is 2. The van der Waals surface area contributed by atoms with Crippen molar-refractivity contribution in [3.8, 4) is 6.01 Å². The van der Waals surface area contributed by atoms with Gasteiger partial charge in [0.05, 0.1) is 0 Å². The Balaban J connectivity index is 2.50. The quantitative estimate of drug-likeness (QED) is 0.617. The third-order valence-corrected chi connectivity index (χ3v) is 0.703. The van der Waals surface area contributed by atoms with Crippen LogP contribution in [0.1, 0.15) is 6.92 Å². The lowest BCUT2D eigenvalue weighted by atomic mass is 10.9. The third kappa shape index (κ3) is 0.992. The molecule has 0 aliphatic carbocycles. The second-order valence-corrected chi connectivity index (χ2v) is 1.25. The molecule has 0 fully saturated rings. The van der Waals surface area contributed by atoms with Gasteiger partial charge in [-0.2, -0.15) is 0 Å². The number of nitrogens with zero attached hydrogens (tertiary/aromatic N) is 1. The van der Waals surface area contributed by atoms with Gasteiger partial charge in [0.2, 0.25) is 0 Å². The lowest BCUT2D eigenvalue weighted by Crippen LogP contribution is -1.85. The van der Waals surface area contributed by atoms with Crippen LogP contribution in [-0.2, 0) is 0 Å². The summed E-state index contributed by atoms with van der Waals surface area (Å²) in [6.45, 7) is 3.36. The SMILES string of the molecule is C[CH]Oc1ncc[nH]1. The van der Waals surface area contributed by atoms with E-state index >= 15 is 0 Å². The number of aromatic nitrogens is 2. The van der Waals surface area contributed by atoms with Gasteiger partial charge in [-0.1, -0.05) is 0 Å². The highest BCUT2D eigenvalue weighted by Gasteiger charge is 1.87. The Kier molecular flexibility index (Phi) is 1.51. The Morgan fingerprint density at radius 3 is 3.25 bits per heavy atom. The molecule has 1 aromatic rings. The number of hydrogen-bond donors (Lipinski definition) is 1. The Morgan fingerprint density at radius 1 is 1.88 bits per heavy atom. The number of aromatic amines is 1. The van der Waals surface area contributed by atoms with Crippen molar-refractivity contribution in [2.75, 3.05) is 0 Å². The predicted molar refractivity (Wildman–Crippen MR) is 29.2 cm³/mol. The minimum absolute atomic E-state index is 0.535. The van der Waals surface area contributed by atoms with Crippen molar-refractivity contribution in [3.05, 3.63) is 19.0 Å². The van der Waals surface area contributed by atoms with Crippen LogP contribution in [0.2, 0.25) is 0 Å². The first-order chi connectivity index (χ1) is 3.93. The zero-order valence-electron chi connectivity index (χ0n) is 4.59. The van der Waals surface area contributed by atoms with Crippen molar-refractivity contribution >= 4 is 0 Å². The highest BCUT2D eigenvalue weighted by atomic mass is 16.5. The van der Waals surface area contributed by atoms with Gasteiger partial charge in [0.1, 0.15) is 6.61 Å². The largest absolute Gasteiger partial charge is 0.458 e. The topological polar surface area (TPSA) is 37.9 Å². The smallest absolute Gasteiger partial charge is 0.293 e. The maximum absolute atomic E-state index is 4.85. The first kappa shape index (κ1) is 5.15. The molecule has 1 aromatic heterocycles. The summed E-state index contributed by atoms with van der Waals surface area (Å²) < 4.78 is 4.85. The van der Waals surface area contributed by atoms with E-state index in [4.69, 9.17) is 4.74 Å². The molecule has 1 rings (SSSR count). The van der Waals surface area contributed by atoms with E-state index in [1.54, 1.807) is 25.9 Å². The first-order valence-corrected chi connectivity index (χ1v) is 2.37. The van der Waals surface area contributed by atoms with E-state index in [9.17, 15) is 0 Å². The summed E-state index contributed by atoms with van der Waals surface area (Å²) in [5.41, 5.74) is 0. The monoisotopic (exact) mass is 111 g/mol. The van der Waals surface area contributed by atoms with Gasteiger partial charge in [-0.3, -0.25) is 0 Å². The fourth-order valence-corrected chi connectivity index (χ4v) is 0.427. The van der Waals surface area contributed by atoms with Crippen molar-refractivity contribution in [3.63, 3.8) is 0 Å². The van der Waals surface area contributed by atoms with Crippen LogP contribution in [0, 0.1) is 6.61 Å². The Bertz CT molecular complexity index is 136. The molecule has 0 unspecified atom stereocenters. The average Bonchev–Trinajstić information content (AvgIpc) is 2.19. The van der Waals surface area contributed by atoms with Crippen LogP contribution < -0.4 is 4.74 Å². The van der Waals surface area contributed by atoms with Crippen molar-refractivity contribution < 1.29 is 4.74 Å². The molecule has 0 saturated heterocycles. The minimum atomic E-state index is 0.535. The molecule has 43 valence electrons. The molecule has 1 N–H and O–H groups in total. The second-order valence-electron chi connectivity index (χ2n) is 1.25. The van der Waals surface area contributed by atoms with Gasteiger partial charge in [-0.15, -0.1) is 0 Å². The molecule has 0 amide bonds. The number of hydrogen-bond acceptors (Lipinski definition) is 2. The maximum Gasteiger partial charge on any atom is 0.293 e. The fourth-order valence-electron chi connectivity index (χ4n) is 0.427. The molecule has 1 heterocycles. The summed E-state index contributed by atoms with van der Waals surface area (Å²) in [4.78, 5) is 6.57. The summed E-state index contributed by atoms with van der Waals surface area (Å²) >= 11 is 0. The van der Waals surface area contributed by atoms with Crippen LogP contribution in [0.5, 0.6) is 6.01 Å². The van der Waals surface area contributed by atoms with Gasteiger partial charge in [-0.25, -0.2) is 4.98 Å². The van der Waals surface area contributed by atoms with E-state index in [-0.39, 0.29) is 0 Å². The Labute approximate surface area is 47.7 Å². The van der Waals surface area contributed by atoms with Gasteiger partial charge >= 0.3 is 0 Å². The number of nitrogens with one attached hydrogen (secondary N) is 1. The van der Waals surface area contributed by atoms with E-state index in [0.29, 0.717) is 6.01 Å². The molecule has 0 spiro atoms. The molecular formula is C5H7N2O. The Hall–Kier alpha value is -0.990. The zero-order chi connectivity index (χ0) is 5.82. The van der Waals surface area contributed by atoms with Gasteiger partial charge < -0.3 is 9.72 Å². The number of H-pyrrole nitrogens is 1.